The predicted octanol–water partition coefficient (Wildman–Crippen LogP) is 3.71. The van der Waals surface area contributed by atoms with Crippen LogP contribution in [-0.2, 0) is 11.2 Å². The first-order valence-corrected chi connectivity index (χ1v) is 8.68. The lowest BCUT2D eigenvalue weighted by molar-refractivity contribution is -0.137. The maximum Gasteiger partial charge on any atom is 0.305 e. The number of halogens is 1. The molecule has 0 bridgehead atoms. The summed E-state index contributed by atoms with van der Waals surface area (Å²) >= 11 is 5.87. The van der Waals surface area contributed by atoms with Gasteiger partial charge in [-0.05, 0) is 31.0 Å². The first-order chi connectivity index (χ1) is 12.4. The summed E-state index contributed by atoms with van der Waals surface area (Å²) in [5.74, 6) is -1.01. The van der Waals surface area contributed by atoms with E-state index >= 15 is 0 Å². The maximum atomic E-state index is 12.7. The highest BCUT2D eigenvalue weighted by Gasteiger charge is 2.30. The van der Waals surface area contributed by atoms with Crippen molar-refractivity contribution >= 4 is 29.3 Å². The van der Waals surface area contributed by atoms with Gasteiger partial charge in [-0.1, -0.05) is 23.7 Å². The van der Waals surface area contributed by atoms with E-state index in [1.165, 1.54) is 0 Å². The molecule has 0 unspecified atom stereocenters. The topological polar surface area (TPSA) is 96.6 Å². The number of carbonyl (C=O) groups excluding carboxylic acids is 2. The molecule has 1 aromatic heterocycles. The second kappa shape index (κ2) is 7.33. The summed E-state index contributed by atoms with van der Waals surface area (Å²) in [4.78, 5) is 36.0. The number of furan rings is 1. The molecule has 26 heavy (non-hydrogen) atoms. The van der Waals surface area contributed by atoms with Gasteiger partial charge < -0.3 is 14.8 Å². The first-order valence-electron chi connectivity index (χ1n) is 8.30. The SMILES string of the molecule is Cc1c(C(=O)N[C@@H](CC(=O)O)c2ccc(Cl)cc2)oc2c1C(=O)CCC2. The zero-order chi connectivity index (χ0) is 18.8. The third kappa shape index (κ3) is 3.65. The average Bonchev–Trinajstić information content (AvgIpc) is 2.93. The number of benzene rings is 1. The van der Waals surface area contributed by atoms with Crippen molar-refractivity contribution in [3.8, 4) is 0 Å². The molecule has 0 radical (unpaired) electrons. The van der Waals surface area contributed by atoms with Crippen LogP contribution in [0.2, 0.25) is 5.02 Å². The lowest BCUT2D eigenvalue weighted by Gasteiger charge is -2.17. The van der Waals surface area contributed by atoms with E-state index in [4.69, 9.17) is 21.1 Å². The van der Waals surface area contributed by atoms with Crippen molar-refractivity contribution < 1.29 is 23.9 Å². The quantitative estimate of drug-likeness (QED) is 0.830. The van der Waals surface area contributed by atoms with Crippen LogP contribution in [-0.4, -0.2) is 22.8 Å². The zero-order valence-corrected chi connectivity index (χ0v) is 14.9. The van der Waals surface area contributed by atoms with E-state index in [-0.39, 0.29) is 18.0 Å². The third-order valence-corrected chi connectivity index (χ3v) is 4.72. The van der Waals surface area contributed by atoms with Crippen LogP contribution in [0.5, 0.6) is 0 Å². The number of fused-ring (bicyclic) bond motifs is 1. The Morgan fingerprint density at radius 3 is 2.58 bits per heavy atom. The van der Waals surface area contributed by atoms with E-state index in [0.717, 1.165) is 0 Å². The Morgan fingerprint density at radius 2 is 1.96 bits per heavy atom. The van der Waals surface area contributed by atoms with Gasteiger partial charge in [0, 0.05) is 23.4 Å². The van der Waals surface area contributed by atoms with E-state index in [1.807, 2.05) is 0 Å². The molecule has 0 aliphatic heterocycles. The second-order valence-corrected chi connectivity index (χ2v) is 6.74. The molecule has 7 heteroatoms. The maximum absolute atomic E-state index is 12.7. The highest BCUT2D eigenvalue weighted by molar-refractivity contribution is 6.30. The van der Waals surface area contributed by atoms with Gasteiger partial charge in [0.25, 0.3) is 5.91 Å². The molecule has 1 atom stereocenters. The number of carboxylic acid groups (broad SMARTS) is 1. The Balaban J connectivity index is 1.87. The smallest absolute Gasteiger partial charge is 0.305 e. The molecular formula is C19H18ClNO5. The number of ketones is 1. The standard InChI is InChI=1S/C19H18ClNO5/c1-10-17-14(22)3-2-4-15(17)26-18(10)19(25)21-13(9-16(23)24)11-5-7-12(20)8-6-11/h5-8,13H,2-4,9H2,1H3,(H,21,25)(H,23,24)/t13-/m0/s1. The van der Waals surface area contributed by atoms with Crippen molar-refractivity contribution in [2.45, 2.75) is 38.6 Å². The van der Waals surface area contributed by atoms with Crippen LogP contribution in [0, 0.1) is 6.92 Å². The van der Waals surface area contributed by atoms with Gasteiger partial charge in [-0.25, -0.2) is 0 Å². The Morgan fingerprint density at radius 1 is 1.27 bits per heavy atom. The molecule has 6 nitrogen and oxygen atoms in total. The van der Waals surface area contributed by atoms with Crippen LogP contribution in [0.3, 0.4) is 0 Å². The molecule has 136 valence electrons. The van der Waals surface area contributed by atoms with Crippen LogP contribution in [0.25, 0.3) is 0 Å². The molecule has 0 saturated heterocycles. The van der Waals surface area contributed by atoms with E-state index in [1.54, 1.807) is 31.2 Å². The number of aryl methyl sites for hydroxylation is 1. The third-order valence-electron chi connectivity index (χ3n) is 4.47. The molecule has 1 heterocycles. The van der Waals surface area contributed by atoms with E-state index in [9.17, 15) is 14.4 Å². The minimum Gasteiger partial charge on any atom is -0.481 e. The number of hydrogen-bond acceptors (Lipinski definition) is 4. The van der Waals surface area contributed by atoms with Gasteiger partial charge in [0.15, 0.2) is 11.5 Å². The number of amides is 1. The van der Waals surface area contributed by atoms with Gasteiger partial charge in [0.1, 0.15) is 5.76 Å². The van der Waals surface area contributed by atoms with Crippen molar-refractivity contribution in [2.75, 3.05) is 0 Å². The molecule has 1 aliphatic rings. The molecule has 0 saturated carbocycles. The van der Waals surface area contributed by atoms with Gasteiger partial charge in [-0.15, -0.1) is 0 Å². The molecule has 0 spiro atoms. The summed E-state index contributed by atoms with van der Waals surface area (Å²) < 4.78 is 5.63. The summed E-state index contributed by atoms with van der Waals surface area (Å²) in [6, 6.07) is 5.86. The summed E-state index contributed by atoms with van der Waals surface area (Å²) in [6.07, 6.45) is 1.48. The molecule has 2 aromatic rings. The molecule has 3 rings (SSSR count). The first kappa shape index (κ1) is 18.2. The van der Waals surface area contributed by atoms with Gasteiger partial charge in [0.05, 0.1) is 18.0 Å². The fourth-order valence-electron chi connectivity index (χ4n) is 3.21. The van der Waals surface area contributed by atoms with Crippen molar-refractivity contribution in [1.82, 2.24) is 5.32 Å². The molecule has 1 aliphatic carbocycles. The number of aliphatic carboxylic acids is 1. The van der Waals surface area contributed by atoms with Crippen molar-refractivity contribution in [3.63, 3.8) is 0 Å². The zero-order valence-electron chi connectivity index (χ0n) is 14.2. The van der Waals surface area contributed by atoms with Gasteiger partial charge in [-0.3, -0.25) is 14.4 Å². The fraction of sp³-hybridized carbons (Fsp3) is 0.316. The van der Waals surface area contributed by atoms with E-state index in [0.29, 0.717) is 46.7 Å². The monoisotopic (exact) mass is 375 g/mol. The molecule has 1 aromatic carbocycles. The Bertz CT molecular complexity index is 869. The average molecular weight is 376 g/mol. The van der Waals surface area contributed by atoms with Gasteiger partial charge in [-0.2, -0.15) is 0 Å². The fourth-order valence-corrected chi connectivity index (χ4v) is 3.34. The number of carbonyl (C=O) groups is 3. The Labute approximate surface area is 155 Å². The number of Topliss-reactive ketones (excluding diaryl/α,β-unsaturated/α-hetero) is 1. The van der Waals surface area contributed by atoms with Crippen LogP contribution in [0.15, 0.2) is 28.7 Å². The Hall–Kier alpha value is -2.60. The largest absolute Gasteiger partial charge is 0.481 e. The van der Waals surface area contributed by atoms with Crippen LogP contribution < -0.4 is 5.32 Å². The minimum absolute atomic E-state index is 0.0219. The van der Waals surface area contributed by atoms with Gasteiger partial charge >= 0.3 is 5.97 Å². The summed E-state index contributed by atoms with van der Waals surface area (Å²) in [5.41, 5.74) is 1.62. The van der Waals surface area contributed by atoms with Crippen molar-refractivity contribution in [2.24, 2.45) is 0 Å². The highest BCUT2D eigenvalue weighted by Crippen LogP contribution is 2.30. The number of hydrogen-bond donors (Lipinski definition) is 2. The van der Waals surface area contributed by atoms with Gasteiger partial charge in [0.2, 0.25) is 0 Å². The number of rotatable bonds is 5. The lowest BCUT2D eigenvalue weighted by Crippen LogP contribution is -2.30. The number of carboxylic acids is 1. The van der Waals surface area contributed by atoms with Crippen LogP contribution in [0.4, 0.5) is 0 Å². The predicted molar refractivity (Wildman–Crippen MR) is 94.6 cm³/mol. The lowest BCUT2D eigenvalue weighted by atomic mass is 9.94. The Kier molecular flexibility index (Phi) is 5.13. The van der Waals surface area contributed by atoms with Crippen molar-refractivity contribution in [3.05, 3.63) is 57.5 Å². The minimum atomic E-state index is -1.05. The summed E-state index contributed by atoms with van der Waals surface area (Å²) in [6.45, 7) is 1.68. The molecule has 0 fully saturated rings. The van der Waals surface area contributed by atoms with Crippen LogP contribution >= 0.6 is 11.6 Å². The summed E-state index contributed by atoms with van der Waals surface area (Å²) in [5, 5.41) is 12.4. The molecular weight excluding hydrogens is 358 g/mol. The second-order valence-electron chi connectivity index (χ2n) is 6.31. The van der Waals surface area contributed by atoms with E-state index < -0.39 is 17.9 Å². The number of nitrogens with one attached hydrogen (secondary N) is 1. The summed E-state index contributed by atoms with van der Waals surface area (Å²) in [7, 11) is 0. The molecule has 2 N–H and O–H groups in total. The molecule has 1 amide bonds. The van der Waals surface area contributed by atoms with Crippen molar-refractivity contribution in [1.29, 1.82) is 0 Å². The van der Waals surface area contributed by atoms with Crippen LogP contribution in [0.1, 0.15) is 63.1 Å². The normalized spacial score (nSPS) is 14.6. The van der Waals surface area contributed by atoms with E-state index in [2.05, 4.69) is 5.32 Å². The highest BCUT2D eigenvalue weighted by atomic mass is 35.5.